The lowest BCUT2D eigenvalue weighted by Crippen LogP contribution is -2.50. The zero-order valence-electron chi connectivity index (χ0n) is 15.9. The molecule has 8 heteroatoms. The van der Waals surface area contributed by atoms with Crippen molar-refractivity contribution in [3.8, 4) is 0 Å². The molecule has 2 aromatic carbocycles. The van der Waals surface area contributed by atoms with Gasteiger partial charge in [0.2, 0.25) is 15.9 Å². The number of piperazine rings is 1. The van der Waals surface area contributed by atoms with Gasteiger partial charge < -0.3 is 10.2 Å². The number of benzene rings is 2. The minimum absolute atomic E-state index is 0.181. The van der Waals surface area contributed by atoms with Crippen molar-refractivity contribution >= 4 is 27.5 Å². The molecule has 28 heavy (non-hydrogen) atoms. The van der Waals surface area contributed by atoms with Gasteiger partial charge in [0.25, 0.3) is 5.91 Å². The lowest BCUT2D eigenvalue weighted by molar-refractivity contribution is -0.114. The van der Waals surface area contributed by atoms with Gasteiger partial charge in [0, 0.05) is 44.4 Å². The third-order valence-electron chi connectivity index (χ3n) is 4.61. The highest BCUT2D eigenvalue weighted by atomic mass is 32.2. The number of hydrogen-bond acceptors (Lipinski definition) is 4. The topological polar surface area (TPSA) is 86.8 Å². The maximum Gasteiger partial charge on any atom is 0.254 e. The first-order valence-corrected chi connectivity index (χ1v) is 10.4. The van der Waals surface area contributed by atoms with Crippen LogP contribution in [0, 0.1) is 6.92 Å². The molecule has 1 fully saturated rings. The van der Waals surface area contributed by atoms with Crippen LogP contribution in [0.25, 0.3) is 0 Å². The van der Waals surface area contributed by atoms with Gasteiger partial charge >= 0.3 is 0 Å². The molecule has 0 radical (unpaired) electrons. The largest absolute Gasteiger partial charge is 0.336 e. The Labute approximate surface area is 165 Å². The van der Waals surface area contributed by atoms with E-state index < -0.39 is 10.0 Å². The molecular formula is C20H23N3O4S. The van der Waals surface area contributed by atoms with Crippen LogP contribution < -0.4 is 5.32 Å². The van der Waals surface area contributed by atoms with Crippen LogP contribution in [0.3, 0.4) is 0 Å². The van der Waals surface area contributed by atoms with Crippen LogP contribution in [0.4, 0.5) is 5.69 Å². The van der Waals surface area contributed by atoms with Gasteiger partial charge in [0.1, 0.15) is 0 Å². The summed E-state index contributed by atoms with van der Waals surface area (Å²) in [5.74, 6) is -0.390. The van der Waals surface area contributed by atoms with E-state index in [1.807, 2.05) is 6.92 Å². The molecule has 1 aliphatic heterocycles. The average Bonchev–Trinajstić information content (AvgIpc) is 2.67. The molecule has 0 aliphatic carbocycles. The maximum absolute atomic E-state index is 12.8. The Balaban J connectivity index is 1.67. The number of sulfonamides is 1. The number of carbonyl (C=O) groups is 2. The monoisotopic (exact) mass is 401 g/mol. The second-order valence-electron chi connectivity index (χ2n) is 6.77. The van der Waals surface area contributed by atoms with Gasteiger partial charge in [0.05, 0.1) is 4.90 Å². The molecule has 1 N–H and O–H groups in total. The van der Waals surface area contributed by atoms with Gasteiger partial charge in [-0.3, -0.25) is 9.59 Å². The fourth-order valence-corrected chi connectivity index (χ4v) is 4.53. The Hall–Kier alpha value is -2.71. The standard InChI is InChI=1S/C20H23N3O4S/c1-15-6-8-19(9-7-15)28(26,27)23-12-10-22(11-13-23)20(25)17-4-3-5-18(14-17)21-16(2)24/h3-9,14H,10-13H2,1-2H3,(H,21,24). The van der Waals surface area contributed by atoms with Crippen LogP contribution >= 0.6 is 0 Å². The second kappa shape index (κ2) is 8.12. The molecule has 0 atom stereocenters. The van der Waals surface area contributed by atoms with E-state index in [0.717, 1.165) is 5.56 Å². The maximum atomic E-state index is 12.8. The van der Waals surface area contributed by atoms with Crippen molar-refractivity contribution in [2.75, 3.05) is 31.5 Å². The molecule has 0 unspecified atom stereocenters. The highest BCUT2D eigenvalue weighted by molar-refractivity contribution is 7.89. The molecular weight excluding hydrogens is 378 g/mol. The van der Waals surface area contributed by atoms with E-state index in [4.69, 9.17) is 0 Å². The smallest absolute Gasteiger partial charge is 0.254 e. The predicted molar refractivity (Wildman–Crippen MR) is 107 cm³/mol. The number of carbonyl (C=O) groups excluding carboxylic acids is 2. The van der Waals surface area contributed by atoms with Crippen molar-refractivity contribution in [1.29, 1.82) is 0 Å². The van der Waals surface area contributed by atoms with E-state index in [-0.39, 0.29) is 29.8 Å². The van der Waals surface area contributed by atoms with Crippen molar-refractivity contribution in [2.45, 2.75) is 18.7 Å². The van der Waals surface area contributed by atoms with Crippen LogP contribution in [-0.2, 0) is 14.8 Å². The van der Waals surface area contributed by atoms with E-state index in [2.05, 4.69) is 5.32 Å². The van der Waals surface area contributed by atoms with Gasteiger partial charge in [-0.2, -0.15) is 4.31 Å². The van der Waals surface area contributed by atoms with Crippen LogP contribution in [-0.4, -0.2) is 55.6 Å². The van der Waals surface area contributed by atoms with Gasteiger partial charge in [-0.25, -0.2) is 8.42 Å². The van der Waals surface area contributed by atoms with Gasteiger partial charge in [-0.1, -0.05) is 23.8 Å². The summed E-state index contributed by atoms with van der Waals surface area (Å²) in [5.41, 5.74) is 2.01. The number of aryl methyl sites for hydroxylation is 1. The summed E-state index contributed by atoms with van der Waals surface area (Å²) in [6.45, 7) is 4.42. The summed E-state index contributed by atoms with van der Waals surface area (Å²) in [6, 6.07) is 13.5. The minimum atomic E-state index is -3.56. The number of rotatable bonds is 4. The number of nitrogens with one attached hydrogen (secondary N) is 1. The van der Waals surface area contributed by atoms with Crippen molar-refractivity contribution in [2.24, 2.45) is 0 Å². The fraction of sp³-hybridized carbons (Fsp3) is 0.300. The summed E-state index contributed by atoms with van der Waals surface area (Å²) in [6.07, 6.45) is 0. The molecule has 3 rings (SSSR count). The molecule has 148 valence electrons. The van der Waals surface area contributed by atoms with Crippen molar-refractivity contribution in [3.05, 3.63) is 59.7 Å². The molecule has 2 amide bonds. The molecule has 7 nitrogen and oxygen atoms in total. The highest BCUT2D eigenvalue weighted by Crippen LogP contribution is 2.20. The first-order valence-electron chi connectivity index (χ1n) is 9.01. The van der Waals surface area contributed by atoms with Crippen LogP contribution in [0.5, 0.6) is 0 Å². The summed E-state index contributed by atoms with van der Waals surface area (Å²) in [4.78, 5) is 25.8. The van der Waals surface area contributed by atoms with Crippen LogP contribution in [0.15, 0.2) is 53.4 Å². The lowest BCUT2D eigenvalue weighted by atomic mass is 10.1. The predicted octanol–water partition coefficient (Wildman–Crippen LogP) is 2.10. The van der Waals surface area contributed by atoms with Gasteiger partial charge in [-0.15, -0.1) is 0 Å². The number of anilines is 1. The van der Waals surface area contributed by atoms with Gasteiger partial charge in [-0.05, 0) is 37.3 Å². The Bertz CT molecular complexity index is 979. The Kier molecular flexibility index (Phi) is 5.81. The summed E-state index contributed by atoms with van der Waals surface area (Å²) < 4.78 is 27.0. The van der Waals surface area contributed by atoms with E-state index in [0.29, 0.717) is 24.3 Å². The molecule has 0 bridgehead atoms. The Morgan fingerprint density at radius 1 is 0.964 bits per heavy atom. The summed E-state index contributed by atoms with van der Waals surface area (Å²) in [7, 11) is -3.56. The first-order chi connectivity index (χ1) is 13.3. The second-order valence-corrected chi connectivity index (χ2v) is 8.71. The normalized spacial score (nSPS) is 15.3. The highest BCUT2D eigenvalue weighted by Gasteiger charge is 2.30. The zero-order valence-corrected chi connectivity index (χ0v) is 16.7. The summed E-state index contributed by atoms with van der Waals surface area (Å²) >= 11 is 0. The van der Waals surface area contributed by atoms with Crippen molar-refractivity contribution in [1.82, 2.24) is 9.21 Å². The average molecular weight is 401 g/mol. The number of hydrogen-bond donors (Lipinski definition) is 1. The molecule has 0 saturated carbocycles. The van der Waals surface area contributed by atoms with E-state index >= 15 is 0 Å². The molecule has 1 aliphatic rings. The SMILES string of the molecule is CC(=O)Nc1cccc(C(=O)N2CCN(S(=O)(=O)c3ccc(C)cc3)CC2)c1. The minimum Gasteiger partial charge on any atom is -0.336 e. The number of nitrogens with zero attached hydrogens (tertiary/aromatic N) is 2. The fourth-order valence-electron chi connectivity index (χ4n) is 3.11. The Morgan fingerprint density at radius 3 is 2.21 bits per heavy atom. The third kappa shape index (κ3) is 4.40. The zero-order chi connectivity index (χ0) is 20.3. The van der Waals surface area contributed by atoms with E-state index in [1.165, 1.54) is 11.2 Å². The Morgan fingerprint density at radius 2 is 1.61 bits per heavy atom. The van der Waals surface area contributed by atoms with E-state index in [9.17, 15) is 18.0 Å². The van der Waals surface area contributed by atoms with Crippen LogP contribution in [0.1, 0.15) is 22.8 Å². The van der Waals surface area contributed by atoms with Crippen molar-refractivity contribution in [3.63, 3.8) is 0 Å². The molecule has 0 spiro atoms. The molecule has 2 aromatic rings. The van der Waals surface area contributed by atoms with Gasteiger partial charge in [0.15, 0.2) is 0 Å². The third-order valence-corrected chi connectivity index (χ3v) is 6.53. The van der Waals surface area contributed by atoms with Crippen LogP contribution in [0.2, 0.25) is 0 Å². The lowest BCUT2D eigenvalue weighted by Gasteiger charge is -2.34. The van der Waals surface area contributed by atoms with E-state index in [1.54, 1.807) is 53.4 Å². The molecule has 1 saturated heterocycles. The summed E-state index contributed by atoms with van der Waals surface area (Å²) in [5, 5.41) is 2.65. The first kappa shape index (κ1) is 20.0. The number of amides is 2. The molecule has 1 heterocycles. The quantitative estimate of drug-likeness (QED) is 0.850. The molecule has 0 aromatic heterocycles. The van der Waals surface area contributed by atoms with Crippen molar-refractivity contribution < 1.29 is 18.0 Å².